The summed E-state index contributed by atoms with van der Waals surface area (Å²) in [6.45, 7) is 6.64. The zero-order chi connectivity index (χ0) is 15.0. The van der Waals surface area contributed by atoms with Crippen LogP contribution in [-0.2, 0) is 0 Å². The summed E-state index contributed by atoms with van der Waals surface area (Å²) >= 11 is 0. The van der Waals surface area contributed by atoms with Gasteiger partial charge in [0.05, 0.1) is 0 Å². The number of carbonyl (C=O) groups excluding carboxylic acids is 1. The van der Waals surface area contributed by atoms with E-state index < -0.39 is 0 Å². The number of hydrogen-bond donors (Lipinski definition) is 3. The summed E-state index contributed by atoms with van der Waals surface area (Å²) in [7, 11) is 3.95. The average molecular weight is 278 g/mol. The third kappa shape index (κ3) is 5.59. The number of benzene rings is 1. The van der Waals surface area contributed by atoms with Gasteiger partial charge in [-0.1, -0.05) is 19.1 Å². The minimum absolute atomic E-state index is 0.163. The summed E-state index contributed by atoms with van der Waals surface area (Å²) in [4.78, 5) is 13.9. The van der Waals surface area contributed by atoms with Crippen LogP contribution in [0.25, 0.3) is 0 Å². The fourth-order valence-corrected chi connectivity index (χ4v) is 1.75. The van der Waals surface area contributed by atoms with Crippen LogP contribution < -0.4 is 16.0 Å². The third-order valence-electron chi connectivity index (χ3n) is 3.40. The SMILES string of the molecule is CCN(C)CCNC(=O)Nc1cccc(C(C)NC)c1. The smallest absolute Gasteiger partial charge is 0.319 e. The molecule has 0 aliphatic carbocycles. The molecule has 0 aromatic heterocycles. The number of nitrogens with one attached hydrogen (secondary N) is 3. The Balaban J connectivity index is 2.45. The second-order valence-corrected chi connectivity index (χ2v) is 4.91. The molecule has 112 valence electrons. The monoisotopic (exact) mass is 278 g/mol. The highest BCUT2D eigenvalue weighted by Crippen LogP contribution is 2.16. The van der Waals surface area contributed by atoms with Crippen LogP contribution in [0.1, 0.15) is 25.5 Å². The minimum atomic E-state index is -0.163. The van der Waals surface area contributed by atoms with Crippen molar-refractivity contribution in [2.75, 3.05) is 39.0 Å². The first-order chi connectivity index (χ1) is 9.56. The number of urea groups is 1. The molecule has 5 heteroatoms. The molecule has 1 atom stereocenters. The molecule has 1 aromatic carbocycles. The Bertz CT molecular complexity index is 422. The molecule has 0 aliphatic rings. The van der Waals surface area contributed by atoms with Crippen LogP contribution >= 0.6 is 0 Å². The predicted molar refractivity (Wildman–Crippen MR) is 84.1 cm³/mol. The molecule has 1 unspecified atom stereocenters. The van der Waals surface area contributed by atoms with E-state index in [2.05, 4.69) is 34.7 Å². The minimum Gasteiger partial charge on any atom is -0.337 e. The molecule has 2 amide bonds. The summed E-state index contributed by atoms with van der Waals surface area (Å²) in [6, 6.07) is 7.97. The molecule has 1 rings (SSSR count). The molecule has 0 radical (unpaired) electrons. The zero-order valence-corrected chi connectivity index (χ0v) is 12.9. The lowest BCUT2D eigenvalue weighted by atomic mass is 10.1. The van der Waals surface area contributed by atoms with E-state index in [9.17, 15) is 4.79 Å². The second kappa shape index (κ2) is 8.55. The van der Waals surface area contributed by atoms with Gasteiger partial charge in [0.25, 0.3) is 0 Å². The molecule has 1 aromatic rings. The Morgan fingerprint density at radius 3 is 2.80 bits per heavy atom. The number of anilines is 1. The predicted octanol–water partition coefficient (Wildman–Crippen LogP) is 2.04. The van der Waals surface area contributed by atoms with Gasteiger partial charge in [0.1, 0.15) is 0 Å². The van der Waals surface area contributed by atoms with Crippen LogP contribution in [0.5, 0.6) is 0 Å². The normalized spacial score (nSPS) is 12.2. The van der Waals surface area contributed by atoms with Crippen LogP contribution in [0.4, 0.5) is 10.5 Å². The second-order valence-electron chi connectivity index (χ2n) is 4.91. The fourth-order valence-electron chi connectivity index (χ4n) is 1.75. The van der Waals surface area contributed by atoms with E-state index >= 15 is 0 Å². The van der Waals surface area contributed by atoms with Gasteiger partial charge in [0.15, 0.2) is 0 Å². The Kier molecular flexibility index (Phi) is 7.04. The molecule has 0 heterocycles. The maximum Gasteiger partial charge on any atom is 0.319 e. The number of hydrogen-bond acceptors (Lipinski definition) is 3. The highest BCUT2D eigenvalue weighted by molar-refractivity contribution is 5.89. The van der Waals surface area contributed by atoms with Crippen LogP contribution in [0.2, 0.25) is 0 Å². The first-order valence-electron chi connectivity index (χ1n) is 7.07. The zero-order valence-electron chi connectivity index (χ0n) is 12.9. The standard InChI is InChI=1S/C15H26N4O/c1-5-19(4)10-9-17-15(20)18-14-8-6-7-13(11-14)12(2)16-3/h6-8,11-12,16H,5,9-10H2,1-4H3,(H2,17,18,20). The number of likely N-dealkylation sites (N-methyl/N-ethyl adjacent to an activating group) is 1. The molecule has 3 N–H and O–H groups in total. The Morgan fingerprint density at radius 1 is 1.40 bits per heavy atom. The number of amides is 2. The van der Waals surface area contributed by atoms with E-state index in [1.54, 1.807) is 0 Å². The first kappa shape index (κ1) is 16.5. The van der Waals surface area contributed by atoms with E-state index in [0.29, 0.717) is 6.54 Å². The van der Waals surface area contributed by atoms with E-state index in [4.69, 9.17) is 0 Å². The summed E-state index contributed by atoms with van der Waals surface area (Å²) in [5.74, 6) is 0. The van der Waals surface area contributed by atoms with Gasteiger partial charge in [-0.3, -0.25) is 0 Å². The Hall–Kier alpha value is -1.59. The van der Waals surface area contributed by atoms with Gasteiger partial charge in [-0.05, 0) is 45.3 Å². The van der Waals surface area contributed by atoms with Crippen molar-refractivity contribution in [3.63, 3.8) is 0 Å². The number of rotatable bonds is 7. The Morgan fingerprint density at radius 2 is 2.15 bits per heavy atom. The van der Waals surface area contributed by atoms with Crippen molar-refractivity contribution >= 4 is 11.7 Å². The highest BCUT2D eigenvalue weighted by atomic mass is 16.2. The summed E-state index contributed by atoms with van der Waals surface area (Å²) < 4.78 is 0. The maximum absolute atomic E-state index is 11.8. The molecule has 0 saturated carbocycles. The van der Waals surface area contributed by atoms with E-state index in [-0.39, 0.29) is 12.1 Å². The van der Waals surface area contributed by atoms with Gasteiger partial charge in [-0.2, -0.15) is 0 Å². The number of nitrogens with zero attached hydrogens (tertiary/aromatic N) is 1. The highest BCUT2D eigenvalue weighted by Gasteiger charge is 2.05. The lowest BCUT2D eigenvalue weighted by Gasteiger charge is -2.15. The van der Waals surface area contributed by atoms with Crippen molar-refractivity contribution in [3.8, 4) is 0 Å². The maximum atomic E-state index is 11.8. The topological polar surface area (TPSA) is 56.4 Å². The number of carbonyl (C=O) groups is 1. The summed E-state index contributed by atoms with van der Waals surface area (Å²) in [6.07, 6.45) is 0. The van der Waals surface area contributed by atoms with Crippen LogP contribution in [0.15, 0.2) is 24.3 Å². The van der Waals surface area contributed by atoms with Crippen molar-refractivity contribution in [2.45, 2.75) is 19.9 Å². The van der Waals surface area contributed by atoms with E-state index in [1.165, 1.54) is 0 Å². The van der Waals surface area contributed by atoms with Crippen molar-refractivity contribution < 1.29 is 4.79 Å². The average Bonchev–Trinajstić information content (AvgIpc) is 2.46. The van der Waals surface area contributed by atoms with Gasteiger partial charge >= 0.3 is 6.03 Å². The molecular formula is C15H26N4O. The van der Waals surface area contributed by atoms with Gasteiger partial charge in [0.2, 0.25) is 0 Å². The molecule has 20 heavy (non-hydrogen) atoms. The van der Waals surface area contributed by atoms with Gasteiger partial charge in [-0.25, -0.2) is 4.79 Å². The van der Waals surface area contributed by atoms with Crippen LogP contribution in [0, 0.1) is 0 Å². The van der Waals surface area contributed by atoms with Crippen molar-refractivity contribution in [2.24, 2.45) is 0 Å². The van der Waals surface area contributed by atoms with Crippen molar-refractivity contribution in [1.82, 2.24) is 15.5 Å². The van der Waals surface area contributed by atoms with Crippen LogP contribution in [-0.4, -0.2) is 44.7 Å². The van der Waals surface area contributed by atoms with Crippen molar-refractivity contribution in [1.29, 1.82) is 0 Å². The Labute approximate surface area is 121 Å². The molecule has 0 spiro atoms. The lowest BCUT2D eigenvalue weighted by molar-refractivity contribution is 0.250. The van der Waals surface area contributed by atoms with Gasteiger partial charge in [-0.15, -0.1) is 0 Å². The first-order valence-corrected chi connectivity index (χ1v) is 7.07. The lowest BCUT2D eigenvalue weighted by Crippen LogP contribution is -2.35. The molecule has 5 nitrogen and oxygen atoms in total. The molecule has 0 saturated heterocycles. The summed E-state index contributed by atoms with van der Waals surface area (Å²) in [5, 5.41) is 8.89. The van der Waals surface area contributed by atoms with Gasteiger partial charge < -0.3 is 20.9 Å². The van der Waals surface area contributed by atoms with Crippen molar-refractivity contribution in [3.05, 3.63) is 29.8 Å². The third-order valence-corrected chi connectivity index (χ3v) is 3.40. The largest absolute Gasteiger partial charge is 0.337 e. The fraction of sp³-hybridized carbons (Fsp3) is 0.533. The molecule has 0 bridgehead atoms. The quantitative estimate of drug-likeness (QED) is 0.715. The molecule has 0 aliphatic heterocycles. The van der Waals surface area contributed by atoms with E-state index in [0.717, 1.165) is 24.3 Å². The molecular weight excluding hydrogens is 252 g/mol. The van der Waals surface area contributed by atoms with Crippen LogP contribution in [0.3, 0.4) is 0 Å². The van der Waals surface area contributed by atoms with Gasteiger partial charge in [0, 0.05) is 24.8 Å². The molecule has 0 fully saturated rings. The van der Waals surface area contributed by atoms with E-state index in [1.807, 2.05) is 38.4 Å². The summed E-state index contributed by atoms with van der Waals surface area (Å²) in [5.41, 5.74) is 1.96.